The number of carboxylic acids is 2. The van der Waals surface area contributed by atoms with E-state index in [0.29, 0.717) is 75.6 Å². The predicted octanol–water partition coefficient (Wildman–Crippen LogP) is 4.40. The van der Waals surface area contributed by atoms with E-state index in [1.807, 2.05) is 18.2 Å². The fourth-order valence-electron chi connectivity index (χ4n) is 7.82. The lowest BCUT2D eigenvalue weighted by atomic mass is 9.90. The molecule has 67 heavy (non-hydrogen) atoms. The van der Waals surface area contributed by atoms with Gasteiger partial charge in [0.25, 0.3) is 11.8 Å². The van der Waals surface area contributed by atoms with Crippen LogP contribution in [0.4, 0.5) is 11.4 Å². The smallest absolute Gasteiger partial charge is 0.349 e. The zero-order valence-electron chi connectivity index (χ0n) is 38.5. The number of hydrogen-bond acceptors (Lipinski definition) is 15. The van der Waals surface area contributed by atoms with Crippen molar-refractivity contribution >= 4 is 57.1 Å². The summed E-state index contributed by atoms with van der Waals surface area (Å²) >= 11 is 0. The van der Waals surface area contributed by atoms with Crippen molar-refractivity contribution in [3.8, 4) is 0 Å². The summed E-state index contributed by atoms with van der Waals surface area (Å²) in [4.78, 5) is 75.1. The first-order valence-corrected chi connectivity index (χ1v) is 23.1. The highest BCUT2D eigenvalue weighted by Crippen LogP contribution is 2.39. The van der Waals surface area contributed by atoms with Crippen LogP contribution in [0.3, 0.4) is 0 Å². The van der Waals surface area contributed by atoms with Gasteiger partial charge in [-0.1, -0.05) is 0 Å². The van der Waals surface area contributed by atoms with Crippen LogP contribution in [0.2, 0.25) is 0 Å². The molecule has 4 heterocycles. The van der Waals surface area contributed by atoms with E-state index in [2.05, 4.69) is 40.3 Å². The van der Waals surface area contributed by atoms with Crippen LogP contribution < -0.4 is 31.7 Å². The molecule has 2 aromatic heterocycles. The molecule has 2 amide bonds. The zero-order chi connectivity index (χ0) is 48.0. The summed E-state index contributed by atoms with van der Waals surface area (Å²) in [7, 11) is 0. The molecule has 366 valence electrons. The summed E-state index contributed by atoms with van der Waals surface area (Å²) < 4.78 is 37.7. The van der Waals surface area contributed by atoms with Crippen molar-refractivity contribution in [3.63, 3.8) is 0 Å². The molecular weight excluding hydrogens is 873 g/mol. The molecule has 0 radical (unpaired) electrons. The van der Waals surface area contributed by atoms with Gasteiger partial charge in [0.2, 0.25) is 0 Å². The molecule has 6 rings (SSSR count). The maximum absolute atomic E-state index is 12.7. The number of anilines is 2. The number of benzene rings is 2. The summed E-state index contributed by atoms with van der Waals surface area (Å²) in [5.74, 6) is -2.70. The minimum Gasteiger partial charge on any atom is -0.481 e. The Morgan fingerprint density at radius 3 is 1.81 bits per heavy atom. The number of hydrogen-bond donors (Lipinski definition) is 4. The number of carbonyl (C=O) groups is 4. The fourth-order valence-corrected chi connectivity index (χ4v) is 7.82. The number of unbranched alkanes of at least 4 members (excludes halogenated alkanes) is 1. The SMILES string of the molecule is CCN(CC)c1ccc2cc(C(=O)NCCOCCCCC(=O)O)c(=O)oc2c1.O=C(O)CCOCCOCCOCCOCCNC(=O)c1cc2cc3c4c(c2oc1=O)CCCN4CCC3. The molecule has 0 spiro atoms. The second-order valence-electron chi connectivity index (χ2n) is 15.8. The third-order valence-electron chi connectivity index (χ3n) is 11.1. The van der Waals surface area contributed by atoms with E-state index >= 15 is 0 Å². The summed E-state index contributed by atoms with van der Waals surface area (Å²) in [5, 5.41) is 23.9. The highest BCUT2D eigenvalue weighted by atomic mass is 16.6. The van der Waals surface area contributed by atoms with E-state index in [-0.39, 0.29) is 56.9 Å². The van der Waals surface area contributed by atoms with E-state index in [4.69, 9.17) is 42.7 Å². The maximum Gasteiger partial charge on any atom is 0.349 e. The summed E-state index contributed by atoms with van der Waals surface area (Å²) in [6, 6.07) is 10.8. The Bertz CT molecular complexity index is 2380. The maximum atomic E-state index is 12.7. The number of carbonyl (C=O) groups excluding carboxylic acids is 2. The minimum atomic E-state index is -0.889. The third kappa shape index (κ3) is 16.2. The standard InChI is InChI=1S/C27H36N2O9.C21H28N2O6/c30-23(31)5-9-34-11-13-36-15-16-37-14-12-35-10-6-28-26(32)22-18-20-17-19-3-1-7-29-8-2-4-21(24(19)29)25(20)38-27(22)33;1-3-23(4-2)16-9-8-15-13-17(21(27)29-18(15)14-16)20(26)22-10-12-28-11-6-5-7-19(24)25/h17-18H,1-16H2,(H,28,32)(H,30,31);8-9,13-14H,3-7,10-12H2,1-2H3,(H,22,26)(H,24,25). The number of aryl methyl sites for hydroxylation is 2. The summed E-state index contributed by atoms with van der Waals surface area (Å²) in [6.45, 7) is 11.8. The Morgan fingerprint density at radius 1 is 0.642 bits per heavy atom. The van der Waals surface area contributed by atoms with Gasteiger partial charge in [-0.15, -0.1) is 0 Å². The molecule has 0 saturated heterocycles. The highest BCUT2D eigenvalue weighted by molar-refractivity contribution is 5.98. The minimum absolute atomic E-state index is 0.00347. The fraction of sp³-hybridized carbons (Fsp3) is 0.542. The number of fused-ring (bicyclic) bond motifs is 3. The molecule has 19 nitrogen and oxygen atoms in total. The van der Waals surface area contributed by atoms with Crippen molar-refractivity contribution < 1.29 is 61.9 Å². The van der Waals surface area contributed by atoms with E-state index in [9.17, 15) is 28.8 Å². The number of ether oxygens (including phenoxy) is 5. The van der Waals surface area contributed by atoms with Gasteiger partial charge in [0.15, 0.2) is 0 Å². The largest absolute Gasteiger partial charge is 0.481 e. The molecular formula is C48H64N4O15. The molecule has 0 atom stereocenters. The Morgan fingerprint density at radius 2 is 1.19 bits per heavy atom. The second kappa shape index (κ2) is 27.7. The molecule has 0 unspecified atom stereocenters. The van der Waals surface area contributed by atoms with Crippen molar-refractivity contribution in [1.29, 1.82) is 0 Å². The van der Waals surface area contributed by atoms with Gasteiger partial charge in [-0.3, -0.25) is 19.2 Å². The third-order valence-corrected chi connectivity index (χ3v) is 11.1. The van der Waals surface area contributed by atoms with Crippen LogP contribution in [-0.2, 0) is 46.1 Å². The summed E-state index contributed by atoms with van der Waals surface area (Å²) in [5.41, 5.74) is 4.25. The lowest BCUT2D eigenvalue weighted by Gasteiger charge is -2.37. The van der Waals surface area contributed by atoms with Gasteiger partial charge in [0.05, 0.1) is 65.9 Å². The molecule has 0 aliphatic carbocycles. The van der Waals surface area contributed by atoms with Gasteiger partial charge >= 0.3 is 23.2 Å². The number of amides is 2. The molecule has 2 aromatic carbocycles. The average Bonchev–Trinajstić information content (AvgIpc) is 3.31. The molecule has 0 saturated carbocycles. The molecule has 4 aromatic rings. The predicted molar refractivity (Wildman–Crippen MR) is 250 cm³/mol. The molecule has 19 heteroatoms. The van der Waals surface area contributed by atoms with Crippen molar-refractivity contribution in [2.75, 3.05) is 115 Å². The second-order valence-corrected chi connectivity index (χ2v) is 15.8. The van der Waals surface area contributed by atoms with Crippen LogP contribution in [0.25, 0.3) is 21.9 Å². The number of nitrogens with zero attached hydrogens (tertiary/aromatic N) is 2. The van der Waals surface area contributed by atoms with Crippen molar-refractivity contribution in [2.45, 2.75) is 65.2 Å². The van der Waals surface area contributed by atoms with Gasteiger partial charge in [-0.05, 0) is 88.3 Å². The van der Waals surface area contributed by atoms with Gasteiger partial charge in [-0.25, -0.2) is 9.59 Å². The Labute approximate surface area is 388 Å². The van der Waals surface area contributed by atoms with Gasteiger partial charge in [0.1, 0.15) is 22.3 Å². The highest BCUT2D eigenvalue weighted by Gasteiger charge is 2.28. The van der Waals surface area contributed by atoms with Crippen LogP contribution in [-0.4, -0.2) is 139 Å². The normalized spacial score (nSPS) is 12.9. The zero-order valence-corrected chi connectivity index (χ0v) is 38.5. The lowest BCUT2D eigenvalue weighted by molar-refractivity contribution is -0.139. The van der Waals surface area contributed by atoms with Crippen LogP contribution in [0, 0.1) is 0 Å². The van der Waals surface area contributed by atoms with E-state index in [0.717, 1.165) is 68.5 Å². The quantitative estimate of drug-likeness (QED) is 0.0455. The van der Waals surface area contributed by atoms with Crippen LogP contribution >= 0.6 is 0 Å². The van der Waals surface area contributed by atoms with Crippen LogP contribution in [0.15, 0.2) is 54.8 Å². The van der Waals surface area contributed by atoms with Crippen molar-refractivity contribution in [1.82, 2.24) is 10.6 Å². The van der Waals surface area contributed by atoms with E-state index in [1.54, 1.807) is 6.07 Å². The number of nitrogens with one attached hydrogen (secondary N) is 2. The monoisotopic (exact) mass is 936 g/mol. The van der Waals surface area contributed by atoms with Gasteiger partial charge in [0, 0.05) is 86.1 Å². The first-order valence-electron chi connectivity index (χ1n) is 23.1. The Hall–Kier alpha value is -5.86. The number of rotatable bonds is 28. The van der Waals surface area contributed by atoms with Gasteiger partial charge < -0.3 is 63.2 Å². The molecule has 2 aliphatic rings. The first kappa shape index (κ1) is 52.1. The molecule has 2 aliphatic heterocycles. The van der Waals surface area contributed by atoms with Crippen molar-refractivity contribution in [2.24, 2.45) is 0 Å². The molecule has 0 bridgehead atoms. The number of carboxylic acid groups (broad SMARTS) is 2. The Balaban J connectivity index is 0.000000261. The van der Waals surface area contributed by atoms with Crippen LogP contribution in [0.5, 0.6) is 0 Å². The summed E-state index contributed by atoms with van der Waals surface area (Å²) in [6.07, 6.45) is 5.30. The van der Waals surface area contributed by atoms with Crippen molar-refractivity contribution in [3.05, 3.63) is 79.5 Å². The molecule has 4 N–H and O–H groups in total. The van der Waals surface area contributed by atoms with E-state index in [1.165, 1.54) is 17.3 Å². The lowest BCUT2D eigenvalue weighted by Crippen LogP contribution is -2.35. The topological polar surface area (TPSA) is 246 Å². The average molecular weight is 937 g/mol. The number of aliphatic carboxylic acids is 2. The van der Waals surface area contributed by atoms with Gasteiger partial charge in [-0.2, -0.15) is 0 Å². The Kier molecular flexibility index (Phi) is 21.5. The van der Waals surface area contributed by atoms with Crippen LogP contribution in [0.1, 0.15) is 84.2 Å². The molecule has 0 fully saturated rings. The first-order chi connectivity index (χ1) is 32.5. The van der Waals surface area contributed by atoms with E-state index < -0.39 is 35.0 Å².